The van der Waals surface area contributed by atoms with Crippen molar-refractivity contribution in [1.29, 1.82) is 0 Å². The Morgan fingerprint density at radius 2 is 1.96 bits per heavy atom. The van der Waals surface area contributed by atoms with Crippen LogP contribution in [0.5, 0.6) is 0 Å². The smallest absolute Gasteiger partial charge is 0.341 e. The van der Waals surface area contributed by atoms with Crippen LogP contribution in [0.4, 0.5) is 5.00 Å². The van der Waals surface area contributed by atoms with Crippen LogP contribution in [-0.2, 0) is 32.1 Å². The molecule has 0 atom stereocenters. The van der Waals surface area contributed by atoms with Crippen LogP contribution in [0.2, 0.25) is 0 Å². The van der Waals surface area contributed by atoms with Crippen LogP contribution in [0, 0.1) is 0 Å². The molecule has 0 spiro atoms. The number of hydrogen-bond acceptors (Lipinski definition) is 7. The maximum atomic E-state index is 12.3. The third-order valence-corrected chi connectivity index (χ3v) is 5.30. The lowest BCUT2D eigenvalue weighted by molar-refractivity contribution is -0.136. The van der Waals surface area contributed by atoms with E-state index in [0.29, 0.717) is 30.1 Å². The summed E-state index contributed by atoms with van der Waals surface area (Å²) >= 11 is 1.24. The van der Waals surface area contributed by atoms with Gasteiger partial charge in [0.15, 0.2) is 0 Å². The SMILES string of the molecule is COC(=O)c1c(NC(=O)C(=O)NCCCN(C)C)sc2c1CC(C)(C)OC2. The van der Waals surface area contributed by atoms with Gasteiger partial charge in [0, 0.05) is 17.8 Å². The van der Waals surface area contributed by atoms with Crippen LogP contribution >= 0.6 is 11.3 Å². The van der Waals surface area contributed by atoms with Crippen molar-refractivity contribution in [2.75, 3.05) is 39.6 Å². The molecule has 9 heteroatoms. The maximum absolute atomic E-state index is 12.3. The van der Waals surface area contributed by atoms with Crippen molar-refractivity contribution < 1.29 is 23.9 Å². The number of methoxy groups -OCH3 is 1. The number of amides is 2. The van der Waals surface area contributed by atoms with E-state index in [-0.39, 0.29) is 0 Å². The summed E-state index contributed by atoms with van der Waals surface area (Å²) < 4.78 is 10.7. The van der Waals surface area contributed by atoms with Gasteiger partial charge in [-0.25, -0.2) is 4.79 Å². The largest absolute Gasteiger partial charge is 0.465 e. The molecule has 0 unspecified atom stereocenters. The summed E-state index contributed by atoms with van der Waals surface area (Å²) in [5.41, 5.74) is 0.703. The molecule has 0 saturated heterocycles. The molecule has 0 aromatic carbocycles. The second-order valence-corrected chi connectivity index (χ2v) is 8.40. The Kier molecular flexibility index (Phi) is 6.96. The number of fused-ring (bicyclic) bond motifs is 1. The fourth-order valence-corrected chi connectivity index (χ4v) is 3.91. The number of anilines is 1. The molecule has 0 saturated carbocycles. The number of nitrogens with one attached hydrogen (secondary N) is 2. The quantitative estimate of drug-likeness (QED) is 0.428. The Balaban J connectivity index is 2.11. The Morgan fingerprint density at radius 3 is 2.59 bits per heavy atom. The minimum Gasteiger partial charge on any atom is -0.465 e. The molecular formula is C18H27N3O5S. The van der Waals surface area contributed by atoms with Gasteiger partial charge < -0.3 is 25.0 Å². The third-order valence-electron chi connectivity index (χ3n) is 4.18. The van der Waals surface area contributed by atoms with E-state index in [4.69, 9.17) is 9.47 Å². The van der Waals surface area contributed by atoms with E-state index < -0.39 is 23.4 Å². The molecular weight excluding hydrogens is 370 g/mol. The van der Waals surface area contributed by atoms with Gasteiger partial charge in [0.2, 0.25) is 0 Å². The maximum Gasteiger partial charge on any atom is 0.341 e. The zero-order chi connectivity index (χ0) is 20.2. The highest BCUT2D eigenvalue weighted by atomic mass is 32.1. The lowest BCUT2D eigenvalue weighted by atomic mass is 9.93. The summed E-state index contributed by atoms with van der Waals surface area (Å²) in [6.45, 7) is 5.44. The van der Waals surface area contributed by atoms with Gasteiger partial charge in [-0.05, 0) is 46.5 Å². The highest BCUT2D eigenvalue weighted by Crippen LogP contribution is 2.40. The van der Waals surface area contributed by atoms with E-state index in [1.165, 1.54) is 18.4 Å². The molecule has 1 aromatic heterocycles. The lowest BCUT2D eigenvalue weighted by Gasteiger charge is -2.30. The topological polar surface area (TPSA) is 97.0 Å². The van der Waals surface area contributed by atoms with E-state index in [2.05, 4.69) is 10.6 Å². The number of carbonyl (C=O) groups excluding carboxylic acids is 3. The van der Waals surface area contributed by atoms with E-state index >= 15 is 0 Å². The highest BCUT2D eigenvalue weighted by Gasteiger charge is 2.34. The van der Waals surface area contributed by atoms with Gasteiger partial charge in [-0.2, -0.15) is 0 Å². The summed E-state index contributed by atoms with van der Waals surface area (Å²) in [5.74, 6) is -2.07. The fourth-order valence-electron chi connectivity index (χ4n) is 2.80. The minimum absolute atomic E-state index is 0.308. The Hall–Kier alpha value is -1.97. The van der Waals surface area contributed by atoms with Crippen LogP contribution in [0.25, 0.3) is 0 Å². The third kappa shape index (κ3) is 5.50. The van der Waals surface area contributed by atoms with Crippen molar-refractivity contribution in [3.63, 3.8) is 0 Å². The van der Waals surface area contributed by atoms with Crippen molar-refractivity contribution >= 4 is 34.1 Å². The highest BCUT2D eigenvalue weighted by molar-refractivity contribution is 7.17. The van der Waals surface area contributed by atoms with Crippen LogP contribution in [0.3, 0.4) is 0 Å². The van der Waals surface area contributed by atoms with E-state index in [1.54, 1.807) is 0 Å². The molecule has 0 radical (unpaired) electrons. The molecule has 2 rings (SSSR count). The second kappa shape index (κ2) is 8.81. The average Bonchev–Trinajstić information content (AvgIpc) is 2.93. The number of esters is 1. The predicted molar refractivity (Wildman–Crippen MR) is 103 cm³/mol. The van der Waals surface area contributed by atoms with Crippen molar-refractivity contribution in [3.8, 4) is 0 Å². The molecule has 2 heterocycles. The van der Waals surface area contributed by atoms with Gasteiger partial charge in [0.05, 0.1) is 24.9 Å². The van der Waals surface area contributed by atoms with Crippen molar-refractivity contribution in [1.82, 2.24) is 10.2 Å². The standard InChI is InChI=1S/C18H27N3O5S/c1-18(2)9-11-12(10-26-18)27-16(13(11)17(24)25-5)20-15(23)14(22)19-7-6-8-21(3)4/h6-10H2,1-5H3,(H,19,22)(H,20,23). The van der Waals surface area contributed by atoms with Crippen molar-refractivity contribution in [2.45, 2.75) is 38.9 Å². The zero-order valence-corrected chi connectivity index (χ0v) is 17.2. The first-order chi connectivity index (χ1) is 12.6. The zero-order valence-electron chi connectivity index (χ0n) is 16.4. The molecule has 27 heavy (non-hydrogen) atoms. The molecule has 1 aromatic rings. The van der Waals surface area contributed by atoms with Gasteiger partial charge in [-0.1, -0.05) is 0 Å². The molecule has 0 bridgehead atoms. The first-order valence-electron chi connectivity index (χ1n) is 8.75. The molecule has 2 amide bonds. The molecule has 1 aliphatic heterocycles. The van der Waals surface area contributed by atoms with Crippen molar-refractivity contribution in [3.05, 3.63) is 16.0 Å². The lowest BCUT2D eigenvalue weighted by Crippen LogP contribution is -2.36. The Labute approximate surface area is 163 Å². The fraction of sp³-hybridized carbons (Fsp3) is 0.611. The Morgan fingerprint density at radius 1 is 1.26 bits per heavy atom. The number of thiophene rings is 1. The summed E-state index contributed by atoms with van der Waals surface area (Å²) in [4.78, 5) is 39.4. The molecule has 2 N–H and O–H groups in total. The summed E-state index contributed by atoms with van der Waals surface area (Å²) in [5, 5.41) is 5.46. The number of rotatable bonds is 6. The van der Waals surface area contributed by atoms with E-state index in [0.717, 1.165) is 23.4 Å². The van der Waals surface area contributed by atoms with Gasteiger partial charge in [-0.15, -0.1) is 11.3 Å². The first-order valence-corrected chi connectivity index (χ1v) is 9.57. The molecule has 1 aliphatic rings. The van der Waals surface area contributed by atoms with Crippen molar-refractivity contribution in [2.24, 2.45) is 0 Å². The van der Waals surface area contributed by atoms with Crippen LogP contribution in [-0.4, -0.2) is 62.6 Å². The minimum atomic E-state index is -0.802. The van der Waals surface area contributed by atoms with Crippen LogP contribution < -0.4 is 10.6 Å². The molecule has 150 valence electrons. The summed E-state index contributed by atoms with van der Waals surface area (Å²) in [7, 11) is 5.17. The Bertz CT molecular complexity index is 727. The number of hydrogen-bond donors (Lipinski definition) is 2. The van der Waals surface area contributed by atoms with Gasteiger partial charge in [-0.3, -0.25) is 9.59 Å². The first kappa shape index (κ1) is 21.3. The molecule has 0 aliphatic carbocycles. The molecule has 8 nitrogen and oxygen atoms in total. The monoisotopic (exact) mass is 397 g/mol. The number of carbonyl (C=O) groups is 3. The normalized spacial score (nSPS) is 15.2. The van der Waals surface area contributed by atoms with Gasteiger partial charge >= 0.3 is 17.8 Å². The van der Waals surface area contributed by atoms with Gasteiger partial charge in [0.25, 0.3) is 0 Å². The predicted octanol–water partition coefficient (Wildman–Crippen LogP) is 1.39. The number of nitrogens with zero attached hydrogens (tertiary/aromatic N) is 1. The van der Waals surface area contributed by atoms with Crippen LogP contribution in [0.15, 0.2) is 0 Å². The van der Waals surface area contributed by atoms with Gasteiger partial charge in [0.1, 0.15) is 5.00 Å². The van der Waals surface area contributed by atoms with E-state index in [1.807, 2.05) is 32.8 Å². The molecule has 0 fully saturated rings. The second-order valence-electron chi connectivity index (χ2n) is 7.29. The number of ether oxygens (including phenoxy) is 2. The summed E-state index contributed by atoms with van der Waals surface area (Å²) in [6, 6.07) is 0. The summed E-state index contributed by atoms with van der Waals surface area (Å²) in [6.07, 6.45) is 1.26. The van der Waals surface area contributed by atoms with Crippen LogP contribution in [0.1, 0.15) is 41.1 Å². The van der Waals surface area contributed by atoms with E-state index in [9.17, 15) is 14.4 Å². The average molecular weight is 397 g/mol.